The monoisotopic (exact) mass is 169 g/mol. The lowest BCUT2D eigenvalue weighted by atomic mass is 10.6. The van der Waals surface area contributed by atoms with Crippen LogP contribution in [-0.2, 0) is 0 Å². The highest BCUT2D eigenvalue weighted by molar-refractivity contribution is 8.23. The summed E-state index contributed by atoms with van der Waals surface area (Å²) in [7, 11) is -0.949. The Morgan fingerprint density at radius 2 is 1.50 bits per heavy atom. The Bertz CT molecular complexity index is 76.1. The summed E-state index contributed by atoms with van der Waals surface area (Å²) in [4.78, 5) is 0. The zero-order chi connectivity index (χ0) is 8.78. The second-order valence-electron chi connectivity index (χ2n) is 1.85. The maximum Gasteiger partial charge on any atom is 0.0582 e. The van der Waals surface area contributed by atoms with E-state index in [-0.39, 0.29) is 5.25 Å². The molecule has 0 unspecified atom stereocenters. The molecule has 0 atom stereocenters. The second kappa shape index (κ2) is 5.97. The van der Waals surface area contributed by atoms with Crippen molar-refractivity contribution >= 4 is 10.8 Å². The van der Waals surface area contributed by atoms with Gasteiger partial charge in [0.25, 0.3) is 0 Å². The van der Waals surface area contributed by atoms with Gasteiger partial charge in [0.05, 0.1) is 5.25 Å². The summed E-state index contributed by atoms with van der Waals surface area (Å²) < 4.78 is 20.3. The molecule has 0 spiro atoms. The zero-order valence-corrected chi connectivity index (χ0v) is 8.20. The largest absolute Gasteiger partial charge is 0.285 e. The van der Waals surface area contributed by atoms with Gasteiger partial charge in [-0.1, -0.05) is 13.8 Å². The van der Waals surface area contributed by atoms with Crippen molar-refractivity contribution in [2.24, 2.45) is 0 Å². The normalized spacial score (nSPS) is 12.4. The molecule has 0 aromatic heterocycles. The maximum absolute atomic E-state index is 8.93. The SMILES string of the molecule is CC.CNS(O)(O)C(C)C. The molecule has 10 heavy (non-hydrogen) atoms. The standard InChI is InChI=1S/C4H13NO2S.C2H6/c1-4(2)8(6,7)5-3;1-2/h4-7H,1-3H3;1-2H3. The minimum atomic E-state index is -2.49. The van der Waals surface area contributed by atoms with Gasteiger partial charge in [-0.25, -0.2) is 4.72 Å². The van der Waals surface area contributed by atoms with Gasteiger partial charge < -0.3 is 0 Å². The predicted octanol–water partition coefficient (Wildman–Crippen LogP) is 2.31. The van der Waals surface area contributed by atoms with Gasteiger partial charge in [-0.15, -0.1) is 10.8 Å². The van der Waals surface area contributed by atoms with E-state index < -0.39 is 10.8 Å². The average Bonchev–Trinajstić information content (AvgIpc) is 1.92. The van der Waals surface area contributed by atoms with Crippen molar-refractivity contribution in [3.8, 4) is 0 Å². The molecule has 0 amide bonds. The van der Waals surface area contributed by atoms with Crippen molar-refractivity contribution in [3.63, 3.8) is 0 Å². The van der Waals surface area contributed by atoms with E-state index >= 15 is 0 Å². The number of hydrogen-bond acceptors (Lipinski definition) is 3. The molecule has 0 saturated carbocycles. The van der Waals surface area contributed by atoms with Crippen LogP contribution in [0.25, 0.3) is 0 Å². The Kier molecular flexibility index (Phi) is 7.69. The smallest absolute Gasteiger partial charge is 0.0582 e. The molecule has 0 fully saturated rings. The van der Waals surface area contributed by atoms with Gasteiger partial charge in [0, 0.05) is 7.05 Å². The van der Waals surface area contributed by atoms with Crippen molar-refractivity contribution in [3.05, 3.63) is 0 Å². The fraction of sp³-hybridized carbons (Fsp3) is 1.00. The topological polar surface area (TPSA) is 52.5 Å². The number of rotatable bonds is 2. The van der Waals surface area contributed by atoms with Crippen LogP contribution in [0.4, 0.5) is 0 Å². The molecule has 0 aromatic rings. The summed E-state index contributed by atoms with van der Waals surface area (Å²) in [6, 6.07) is 0. The molecule has 0 aromatic carbocycles. The molecular weight excluding hydrogens is 150 g/mol. The zero-order valence-electron chi connectivity index (χ0n) is 7.38. The quantitative estimate of drug-likeness (QED) is 0.594. The lowest BCUT2D eigenvalue weighted by Crippen LogP contribution is -2.22. The Labute approximate surface area is 65.3 Å². The first-order valence-corrected chi connectivity index (χ1v) is 5.07. The molecular formula is C6H19NO2S. The van der Waals surface area contributed by atoms with Crippen LogP contribution in [0.15, 0.2) is 0 Å². The molecule has 0 saturated heterocycles. The van der Waals surface area contributed by atoms with Gasteiger partial charge in [0.15, 0.2) is 0 Å². The highest BCUT2D eigenvalue weighted by Crippen LogP contribution is 2.37. The minimum Gasteiger partial charge on any atom is -0.285 e. The van der Waals surface area contributed by atoms with Crippen LogP contribution < -0.4 is 4.72 Å². The molecule has 0 heterocycles. The van der Waals surface area contributed by atoms with E-state index in [1.807, 2.05) is 13.8 Å². The Hall–Kier alpha value is 0.230. The first-order valence-electron chi connectivity index (χ1n) is 3.46. The van der Waals surface area contributed by atoms with Crippen LogP contribution in [-0.4, -0.2) is 21.4 Å². The van der Waals surface area contributed by atoms with Crippen molar-refractivity contribution in [2.75, 3.05) is 7.05 Å². The van der Waals surface area contributed by atoms with Gasteiger partial charge in [-0.3, -0.25) is 9.11 Å². The van der Waals surface area contributed by atoms with Crippen LogP contribution >= 0.6 is 10.8 Å². The summed E-state index contributed by atoms with van der Waals surface area (Å²) in [5, 5.41) is -0.104. The summed E-state index contributed by atoms with van der Waals surface area (Å²) in [6.07, 6.45) is 0. The molecule has 4 heteroatoms. The van der Waals surface area contributed by atoms with Crippen molar-refractivity contribution in [1.82, 2.24) is 4.72 Å². The van der Waals surface area contributed by atoms with E-state index in [4.69, 9.17) is 9.11 Å². The van der Waals surface area contributed by atoms with Crippen molar-refractivity contribution in [2.45, 2.75) is 32.9 Å². The highest BCUT2D eigenvalue weighted by atomic mass is 32.3. The maximum atomic E-state index is 8.93. The first kappa shape index (κ1) is 12.9. The second-order valence-corrected chi connectivity index (χ2v) is 4.38. The minimum absolute atomic E-state index is 0.104. The number of nitrogens with one attached hydrogen (secondary N) is 1. The van der Waals surface area contributed by atoms with Crippen molar-refractivity contribution < 1.29 is 9.11 Å². The third-order valence-corrected chi connectivity index (χ3v) is 2.87. The van der Waals surface area contributed by atoms with Crippen molar-refractivity contribution in [1.29, 1.82) is 0 Å². The summed E-state index contributed by atoms with van der Waals surface area (Å²) in [6.45, 7) is 7.51. The van der Waals surface area contributed by atoms with E-state index in [1.165, 1.54) is 7.05 Å². The third-order valence-electron chi connectivity index (χ3n) is 0.958. The van der Waals surface area contributed by atoms with Crippen LogP contribution in [0.3, 0.4) is 0 Å². The molecule has 66 valence electrons. The van der Waals surface area contributed by atoms with Gasteiger partial charge in [0.1, 0.15) is 0 Å². The lowest BCUT2D eigenvalue weighted by molar-refractivity contribution is 0.466. The van der Waals surface area contributed by atoms with Gasteiger partial charge in [0.2, 0.25) is 0 Å². The Balaban J connectivity index is 0. The van der Waals surface area contributed by atoms with E-state index in [2.05, 4.69) is 4.72 Å². The third kappa shape index (κ3) is 5.05. The summed E-state index contributed by atoms with van der Waals surface area (Å²) in [5.74, 6) is 0. The summed E-state index contributed by atoms with van der Waals surface area (Å²) >= 11 is 0. The van der Waals surface area contributed by atoms with Crippen LogP contribution in [0.5, 0.6) is 0 Å². The average molecular weight is 169 g/mol. The first-order chi connectivity index (χ1) is 4.50. The lowest BCUT2D eigenvalue weighted by Gasteiger charge is -2.35. The van der Waals surface area contributed by atoms with E-state index in [0.29, 0.717) is 0 Å². The fourth-order valence-corrected chi connectivity index (χ4v) is 0.707. The summed E-state index contributed by atoms with van der Waals surface area (Å²) in [5.41, 5.74) is 0. The van der Waals surface area contributed by atoms with Gasteiger partial charge in [-0.2, -0.15) is 0 Å². The van der Waals surface area contributed by atoms with Crippen LogP contribution in [0.2, 0.25) is 0 Å². The molecule has 0 aliphatic carbocycles. The molecule has 0 radical (unpaired) electrons. The van der Waals surface area contributed by atoms with Crippen LogP contribution in [0, 0.1) is 0 Å². The Morgan fingerprint density at radius 3 is 1.50 bits per heavy atom. The molecule has 3 N–H and O–H groups in total. The van der Waals surface area contributed by atoms with E-state index in [0.717, 1.165) is 0 Å². The fourth-order valence-electron chi connectivity index (χ4n) is 0.236. The van der Waals surface area contributed by atoms with E-state index in [9.17, 15) is 0 Å². The predicted molar refractivity (Wildman–Crippen MR) is 48.4 cm³/mol. The molecule has 0 rings (SSSR count). The molecule has 0 bridgehead atoms. The molecule has 0 aliphatic rings. The number of hydrogen-bond donors (Lipinski definition) is 3. The van der Waals surface area contributed by atoms with Gasteiger partial charge >= 0.3 is 0 Å². The molecule has 0 aliphatic heterocycles. The Morgan fingerprint density at radius 1 is 1.20 bits per heavy atom. The van der Waals surface area contributed by atoms with Crippen LogP contribution in [0.1, 0.15) is 27.7 Å². The van der Waals surface area contributed by atoms with E-state index in [1.54, 1.807) is 13.8 Å². The van der Waals surface area contributed by atoms with Gasteiger partial charge in [-0.05, 0) is 13.8 Å². The molecule has 3 nitrogen and oxygen atoms in total. The highest BCUT2D eigenvalue weighted by Gasteiger charge is 2.12.